The Morgan fingerprint density at radius 3 is 2.48 bits per heavy atom. The lowest BCUT2D eigenvalue weighted by molar-refractivity contribution is 0.881. The number of hydrogen-bond acceptors (Lipinski definition) is 3. The molecule has 0 spiro atoms. The highest BCUT2D eigenvalue weighted by atomic mass is 15.4. The zero-order valence-corrected chi connectivity index (χ0v) is 13.5. The van der Waals surface area contributed by atoms with Crippen molar-refractivity contribution in [2.24, 2.45) is 16.5 Å². The zero-order valence-electron chi connectivity index (χ0n) is 13.5. The van der Waals surface area contributed by atoms with Gasteiger partial charge in [0.05, 0.1) is 0 Å². The fourth-order valence-electron chi connectivity index (χ4n) is 2.20. The van der Waals surface area contributed by atoms with Crippen LogP contribution >= 0.6 is 0 Å². The molecular formula is C16H23N7. The van der Waals surface area contributed by atoms with Crippen LogP contribution in [0.25, 0.3) is 0 Å². The normalized spacial score (nSPS) is 11.5. The molecule has 1 aromatic heterocycles. The number of benzene rings is 1. The van der Waals surface area contributed by atoms with Crippen LogP contribution in [0.2, 0.25) is 0 Å². The number of aryl methyl sites for hydroxylation is 2. The number of aromatic nitrogens is 2. The maximum absolute atomic E-state index is 7.40. The van der Waals surface area contributed by atoms with Crippen molar-refractivity contribution in [2.45, 2.75) is 26.7 Å². The van der Waals surface area contributed by atoms with Gasteiger partial charge < -0.3 is 16.8 Å². The standard InChI is InChI=1S/C16H23N7/c1-3-12-4-6-13(7-5-12)8-9-20-16(19)21-14-10-11(2)23(22-14)15(17)18/h4-7,10H,3,8-9H2,1-2H3,(H3,17,18)(H3,19,20,21,22). The molecule has 6 N–H and O–H groups in total. The summed E-state index contributed by atoms with van der Waals surface area (Å²) in [6, 6.07) is 10.3. The molecule has 7 heteroatoms. The predicted octanol–water partition coefficient (Wildman–Crippen LogP) is 1.46. The van der Waals surface area contributed by atoms with Crippen LogP contribution in [0.4, 0.5) is 5.82 Å². The molecule has 0 radical (unpaired) electrons. The van der Waals surface area contributed by atoms with E-state index in [0.717, 1.165) is 18.5 Å². The van der Waals surface area contributed by atoms with Crippen molar-refractivity contribution >= 4 is 17.7 Å². The first-order chi connectivity index (χ1) is 11.0. The number of aliphatic imine (C=N–C) groups is 1. The van der Waals surface area contributed by atoms with Crippen LogP contribution in [-0.4, -0.2) is 28.2 Å². The van der Waals surface area contributed by atoms with E-state index in [0.29, 0.717) is 18.3 Å². The van der Waals surface area contributed by atoms with E-state index >= 15 is 0 Å². The lowest BCUT2D eigenvalue weighted by Crippen LogP contribution is -2.25. The molecule has 0 saturated heterocycles. The number of anilines is 1. The summed E-state index contributed by atoms with van der Waals surface area (Å²) in [5, 5.41) is 14.4. The molecule has 0 aliphatic heterocycles. The van der Waals surface area contributed by atoms with Gasteiger partial charge in [-0.05, 0) is 30.9 Å². The van der Waals surface area contributed by atoms with E-state index in [4.69, 9.17) is 16.9 Å². The molecule has 2 aromatic rings. The summed E-state index contributed by atoms with van der Waals surface area (Å²) in [6.07, 6.45) is 1.87. The number of rotatable bonds is 5. The molecule has 0 fully saturated rings. The Bertz CT molecular complexity index is 698. The smallest absolute Gasteiger partial charge is 0.213 e. The van der Waals surface area contributed by atoms with E-state index in [9.17, 15) is 0 Å². The highest BCUT2D eigenvalue weighted by molar-refractivity contribution is 5.91. The lowest BCUT2D eigenvalue weighted by Gasteiger charge is -2.03. The Morgan fingerprint density at radius 2 is 1.91 bits per heavy atom. The summed E-state index contributed by atoms with van der Waals surface area (Å²) < 4.78 is 1.32. The van der Waals surface area contributed by atoms with E-state index in [1.807, 2.05) is 6.92 Å². The predicted molar refractivity (Wildman–Crippen MR) is 93.9 cm³/mol. The number of nitrogens with two attached hydrogens (primary N) is 2. The molecule has 0 atom stereocenters. The van der Waals surface area contributed by atoms with E-state index in [-0.39, 0.29) is 5.96 Å². The Labute approximate surface area is 135 Å². The van der Waals surface area contributed by atoms with Gasteiger partial charge >= 0.3 is 0 Å². The van der Waals surface area contributed by atoms with Crippen molar-refractivity contribution in [3.63, 3.8) is 0 Å². The third-order valence-electron chi connectivity index (χ3n) is 3.49. The SMILES string of the molecule is CCc1ccc(CCN=C(N)Nc2cc(C)n(C(=N)N)n2)cc1. The number of nitrogen functional groups attached to an aromatic ring is 1. The van der Waals surface area contributed by atoms with Crippen LogP contribution in [0.15, 0.2) is 35.3 Å². The number of nitrogens with zero attached hydrogens (tertiary/aromatic N) is 3. The third kappa shape index (κ3) is 4.57. The zero-order chi connectivity index (χ0) is 16.8. The second-order valence-electron chi connectivity index (χ2n) is 5.28. The Morgan fingerprint density at radius 1 is 1.26 bits per heavy atom. The minimum Gasteiger partial charge on any atom is -0.370 e. The van der Waals surface area contributed by atoms with Crippen LogP contribution in [0.3, 0.4) is 0 Å². The first-order valence-electron chi connectivity index (χ1n) is 7.55. The van der Waals surface area contributed by atoms with Crippen LogP contribution < -0.4 is 16.8 Å². The summed E-state index contributed by atoms with van der Waals surface area (Å²) in [6.45, 7) is 4.55. The van der Waals surface area contributed by atoms with Crippen molar-refractivity contribution < 1.29 is 0 Å². The molecule has 7 nitrogen and oxygen atoms in total. The molecule has 23 heavy (non-hydrogen) atoms. The van der Waals surface area contributed by atoms with E-state index < -0.39 is 0 Å². The van der Waals surface area contributed by atoms with Gasteiger partial charge in [-0.1, -0.05) is 31.2 Å². The van der Waals surface area contributed by atoms with Gasteiger partial charge in [0.2, 0.25) is 5.96 Å². The van der Waals surface area contributed by atoms with Gasteiger partial charge in [-0.25, -0.2) is 4.68 Å². The number of hydrogen-bond donors (Lipinski definition) is 4. The molecule has 1 aromatic carbocycles. The highest BCUT2D eigenvalue weighted by Crippen LogP contribution is 2.08. The van der Waals surface area contributed by atoms with Crippen molar-refractivity contribution in [3.8, 4) is 0 Å². The molecule has 0 aliphatic carbocycles. The van der Waals surface area contributed by atoms with Crippen LogP contribution in [0, 0.1) is 12.3 Å². The monoisotopic (exact) mass is 313 g/mol. The molecule has 0 amide bonds. The van der Waals surface area contributed by atoms with Crippen molar-refractivity contribution in [1.29, 1.82) is 5.41 Å². The average molecular weight is 313 g/mol. The van der Waals surface area contributed by atoms with Gasteiger partial charge in [-0.2, -0.15) is 0 Å². The third-order valence-corrected chi connectivity index (χ3v) is 3.49. The molecule has 0 aliphatic rings. The lowest BCUT2D eigenvalue weighted by atomic mass is 10.1. The minimum absolute atomic E-state index is 0.137. The van der Waals surface area contributed by atoms with Crippen LogP contribution in [0.1, 0.15) is 23.7 Å². The van der Waals surface area contributed by atoms with Gasteiger partial charge in [-0.3, -0.25) is 10.4 Å². The minimum atomic E-state index is -0.137. The molecule has 0 saturated carbocycles. The Kier molecular flexibility index (Phi) is 5.35. The molecule has 0 unspecified atom stereocenters. The second-order valence-corrected chi connectivity index (χ2v) is 5.28. The van der Waals surface area contributed by atoms with Gasteiger partial charge in [0, 0.05) is 18.3 Å². The summed E-state index contributed by atoms with van der Waals surface area (Å²) >= 11 is 0. The van der Waals surface area contributed by atoms with Crippen LogP contribution in [0.5, 0.6) is 0 Å². The highest BCUT2D eigenvalue weighted by Gasteiger charge is 2.06. The Balaban J connectivity index is 1.89. The second kappa shape index (κ2) is 7.44. The maximum Gasteiger partial charge on any atom is 0.213 e. The largest absolute Gasteiger partial charge is 0.370 e. The van der Waals surface area contributed by atoms with Gasteiger partial charge in [0.15, 0.2) is 11.8 Å². The van der Waals surface area contributed by atoms with Crippen molar-refractivity contribution in [2.75, 3.05) is 11.9 Å². The quantitative estimate of drug-likeness (QED) is 0.493. The van der Waals surface area contributed by atoms with Crippen LogP contribution in [-0.2, 0) is 12.8 Å². The molecular weight excluding hydrogens is 290 g/mol. The first-order valence-corrected chi connectivity index (χ1v) is 7.55. The molecule has 1 heterocycles. The van der Waals surface area contributed by atoms with E-state index in [2.05, 4.69) is 46.6 Å². The number of guanidine groups is 1. The molecule has 122 valence electrons. The fraction of sp³-hybridized carbons (Fsp3) is 0.312. The Hall–Kier alpha value is -2.83. The number of nitrogens with one attached hydrogen (secondary N) is 2. The average Bonchev–Trinajstić information content (AvgIpc) is 2.88. The van der Waals surface area contributed by atoms with Gasteiger partial charge in [-0.15, -0.1) is 5.10 Å². The van der Waals surface area contributed by atoms with E-state index in [1.54, 1.807) is 6.07 Å². The van der Waals surface area contributed by atoms with E-state index in [1.165, 1.54) is 15.8 Å². The summed E-state index contributed by atoms with van der Waals surface area (Å²) in [5.74, 6) is 0.677. The molecule has 0 bridgehead atoms. The summed E-state index contributed by atoms with van der Waals surface area (Å²) in [4.78, 5) is 4.29. The van der Waals surface area contributed by atoms with Gasteiger partial charge in [0.1, 0.15) is 0 Å². The fourth-order valence-corrected chi connectivity index (χ4v) is 2.20. The van der Waals surface area contributed by atoms with Crippen molar-refractivity contribution in [1.82, 2.24) is 9.78 Å². The molecule has 2 rings (SSSR count). The maximum atomic E-state index is 7.40. The summed E-state index contributed by atoms with van der Waals surface area (Å²) in [5.41, 5.74) is 14.6. The van der Waals surface area contributed by atoms with Gasteiger partial charge in [0.25, 0.3) is 0 Å². The van der Waals surface area contributed by atoms with Crippen molar-refractivity contribution in [3.05, 3.63) is 47.2 Å². The topological polar surface area (TPSA) is 118 Å². The first kappa shape index (κ1) is 16.5. The summed E-state index contributed by atoms with van der Waals surface area (Å²) in [7, 11) is 0.